The summed E-state index contributed by atoms with van der Waals surface area (Å²) in [5, 5.41) is 6.31. The first kappa shape index (κ1) is 12.4. The third-order valence-electron chi connectivity index (χ3n) is 2.23. The molecule has 4 nitrogen and oxygen atoms in total. The van der Waals surface area contributed by atoms with E-state index in [1.54, 1.807) is 13.1 Å². The number of aliphatic imine (C=N–C) groups is 1. The Morgan fingerprint density at radius 1 is 1.50 bits per heavy atom. The molecule has 1 heterocycles. The largest absolute Gasteiger partial charge is 0.466 e. The van der Waals surface area contributed by atoms with E-state index in [4.69, 9.17) is 4.42 Å². The van der Waals surface area contributed by atoms with Gasteiger partial charge in [0.2, 0.25) is 0 Å². The van der Waals surface area contributed by atoms with Crippen LogP contribution in [0.5, 0.6) is 0 Å². The van der Waals surface area contributed by atoms with Gasteiger partial charge < -0.3 is 15.1 Å². The highest BCUT2D eigenvalue weighted by molar-refractivity contribution is 5.79. The normalized spacial score (nSPS) is 11.3. The van der Waals surface area contributed by atoms with Crippen molar-refractivity contribution in [1.82, 2.24) is 10.6 Å². The second kappa shape index (κ2) is 6.00. The van der Waals surface area contributed by atoms with Gasteiger partial charge in [-0.1, -0.05) is 6.08 Å². The number of nitrogens with zero attached hydrogens (tertiary/aromatic N) is 1. The molecule has 0 bridgehead atoms. The van der Waals surface area contributed by atoms with Crippen LogP contribution in [-0.2, 0) is 6.54 Å². The Morgan fingerprint density at radius 2 is 2.25 bits per heavy atom. The summed E-state index contributed by atoms with van der Waals surface area (Å²) in [4.78, 5) is 4.09. The summed E-state index contributed by atoms with van der Waals surface area (Å²) in [6, 6.07) is 2.03. The summed E-state index contributed by atoms with van der Waals surface area (Å²) in [6.45, 7) is 8.96. The van der Waals surface area contributed by atoms with Crippen LogP contribution in [0.4, 0.5) is 0 Å². The zero-order chi connectivity index (χ0) is 12.0. The van der Waals surface area contributed by atoms with E-state index in [-0.39, 0.29) is 0 Å². The van der Waals surface area contributed by atoms with Gasteiger partial charge in [0, 0.05) is 25.7 Å². The van der Waals surface area contributed by atoms with Crippen LogP contribution in [0.15, 0.2) is 28.1 Å². The summed E-state index contributed by atoms with van der Waals surface area (Å²) < 4.78 is 5.45. The molecule has 0 saturated carbocycles. The molecule has 0 amide bonds. The van der Waals surface area contributed by atoms with Gasteiger partial charge in [0.25, 0.3) is 0 Å². The Bertz CT molecular complexity index is 380. The number of nitrogens with one attached hydrogen (secondary N) is 2. The molecule has 4 heteroatoms. The van der Waals surface area contributed by atoms with Crippen LogP contribution in [-0.4, -0.2) is 19.6 Å². The first-order chi connectivity index (χ1) is 7.67. The molecule has 0 atom stereocenters. The molecule has 0 aliphatic heterocycles. The second-order valence-electron chi connectivity index (χ2n) is 3.53. The van der Waals surface area contributed by atoms with Crippen LogP contribution in [0.2, 0.25) is 0 Å². The maximum Gasteiger partial charge on any atom is 0.191 e. The fraction of sp³-hybridized carbons (Fsp3) is 0.417. The molecule has 0 aromatic carbocycles. The Balaban J connectivity index is 2.49. The minimum atomic E-state index is 0.697. The fourth-order valence-electron chi connectivity index (χ4n) is 1.43. The molecule has 1 aromatic rings. The topological polar surface area (TPSA) is 49.6 Å². The first-order valence-corrected chi connectivity index (χ1v) is 5.28. The minimum Gasteiger partial charge on any atom is -0.466 e. The number of hydrogen-bond donors (Lipinski definition) is 2. The lowest BCUT2D eigenvalue weighted by atomic mass is 10.2. The van der Waals surface area contributed by atoms with Crippen molar-refractivity contribution in [1.29, 1.82) is 0 Å². The number of furan rings is 1. The summed E-state index contributed by atoms with van der Waals surface area (Å²) in [6.07, 6.45) is 1.79. The lowest BCUT2D eigenvalue weighted by Gasteiger charge is -2.09. The van der Waals surface area contributed by atoms with Crippen LogP contribution in [0.25, 0.3) is 0 Å². The van der Waals surface area contributed by atoms with Crippen molar-refractivity contribution in [2.45, 2.75) is 20.4 Å². The zero-order valence-corrected chi connectivity index (χ0v) is 10.1. The molecule has 0 unspecified atom stereocenters. The number of hydrogen-bond acceptors (Lipinski definition) is 2. The molecule has 16 heavy (non-hydrogen) atoms. The van der Waals surface area contributed by atoms with Gasteiger partial charge in [-0.25, -0.2) is 0 Å². The molecule has 0 radical (unpaired) electrons. The molecule has 2 N–H and O–H groups in total. The van der Waals surface area contributed by atoms with Crippen molar-refractivity contribution in [3.8, 4) is 0 Å². The zero-order valence-electron chi connectivity index (χ0n) is 10.1. The van der Waals surface area contributed by atoms with E-state index >= 15 is 0 Å². The highest BCUT2D eigenvalue weighted by Gasteiger charge is 2.04. The van der Waals surface area contributed by atoms with Gasteiger partial charge in [-0.3, -0.25) is 4.99 Å². The minimum absolute atomic E-state index is 0.697. The van der Waals surface area contributed by atoms with Crippen LogP contribution < -0.4 is 10.6 Å². The summed E-state index contributed by atoms with van der Waals surface area (Å²) in [7, 11) is 1.74. The molecular weight excluding hydrogens is 202 g/mol. The molecule has 0 aliphatic rings. The van der Waals surface area contributed by atoms with Crippen LogP contribution in [0.1, 0.15) is 17.1 Å². The standard InChI is InChI=1S/C12H19N3O/c1-5-6-14-12(13-4)15-8-11-7-9(2)16-10(11)3/h5,7H,1,6,8H2,2-4H3,(H2,13,14,15). The van der Waals surface area contributed by atoms with Crippen molar-refractivity contribution < 1.29 is 4.42 Å². The van der Waals surface area contributed by atoms with Gasteiger partial charge in [-0.15, -0.1) is 6.58 Å². The summed E-state index contributed by atoms with van der Waals surface area (Å²) in [5.74, 6) is 2.64. The van der Waals surface area contributed by atoms with E-state index in [0.717, 1.165) is 23.0 Å². The van der Waals surface area contributed by atoms with Gasteiger partial charge in [-0.2, -0.15) is 0 Å². The van der Waals surface area contributed by atoms with Gasteiger partial charge in [-0.05, 0) is 19.9 Å². The van der Waals surface area contributed by atoms with Crippen molar-refractivity contribution in [2.24, 2.45) is 4.99 Å². The maximum absolute atomic E-state index is 5.45. The summed E-state index contributed by atoms with van der Waals surface area (Å²) >= 11 is 0. The third-order valence-corrected chi connectivity index (χ3v) is 2.23. The molecule has 0 fully saturated rings. The lowest BCUT2D eigenvalue weighted by Crippen LogP contribution is -2.36. The third kappa shape index (κ3) is 3.46. The number of guanidine groups is 1. The van der Waals surface area contributed by atoms with Crippen LogP contribution in [0.3, 0.4) is 0 Å². The Hall–Kier alpha value is -1.71. The van der Waals surface area contributed by atoms with Crippen molar-refractivity contribution >= 4 is 5.96 Å². The average Bonchev–Trinajstić information content (AvgIpc) is 2.58. The monoisotopic (exact) mass is 221 g/mol. The first-order valence-electron chi connectivity index (χ1n) is 5.28. The molecule has 0 spiro atoms. The number of rotatable bonds is 4. The maximum atomic E-state index is 5.45. The highest BCUT2D eigenvalue weighted by Crippen LogP contribution is 2.12. The van der Waals surface area contributed by atoms with E-state index in [1.807, 2.05) is 19.9 Å². The fourth-order valence-corrected chi connectivity index (χ4v) is 1.43. The van der Waals surface area contributed by atoms with Gasteiger partial charge >= 0.3 is 0 Å². The van der Waals surface area contributed by atoms with Crippen molar-refractivity contribution in [3.05, 3.63) is 35.8 Å². The molecule has 1 rings (SSSR count). The van der Waals surface area contributed by atoms with Gasteiger partial charge in [0.15, 0.2) is 5.96 Å². The predicted octanol–water partition coefficient (Wildman–Crippen LogP) is 1.75. The van der Waals surface area contributed by atoms with E-state index in [2.05, 4.69) is 22.2 Å². The summed E-state index contributed by atoms with van der Waals surface area (Å²) in [5.41, 5.74) is 1.15. The highest BCUT2D eigenvalue weighted by atomic mass is 16.3. The lowest BCUT2D eigenvalue weighted by molar-refractivity contribution is 0.500. The molecular formula is C12H19N3O. The van der Waals surface area contributed by atoms with Crippen LogP contribution in [0, 0.1) is 13.8 Å². The average molecular weight is 221 g/mol. The Labute approximate surface area is 96.5 Å². The Morgan fingerprint density at radius 3 is 2.75 bits per heavy atom. The molecule has 0 aliphatic carbocycles. The number of aryl methyl sites for hydroxylation is 2. The second-order valence-corrected chi connectivity index (χ2v) is 3.53. The van der Waals surface area contributed by atoms with Crippen molar-refractivity contribution in [2.75, 3.05) is 13.6 Å². The SMILES string of the molecule is C=CCNC(=NC)NCc1cc(C)oc1C. The van der Waals surface area contributed by atoms with Gasteiger partial charge in [0.05, 0.1) is 0 Å². The molecule has 1 aromatic heterocycles. The quantitative estimate of drug-likeness (QED) is 0.462. The van der Waals surface area contributed by atoms with Crippen LogP contribution >= 0.6 is 0 Å². The smallest absolute Gasteiger partial charge is 0.191 e. The van der Waals surface area contributed by atoms with E-state index in [1.165, 1.54) is 0 Å². The van der Waals surface area contributed by atoms with Crippen molar-refractivity contribution in [3.63, 3.8) is 0 Å². The van der Waals surface area contributed by atoms with E-state index in [9.17, 15) is 0 Å². The predicted molar refractivity (Wildman–Crippen MR) is 66.6 cm³/mol. The Kier molecular flexibility index (Phi) is 4.64. The van der Waals surface area contributed by atoms with E-state index in [0.29, 0.717) is 13.1 Å². The molecule has 88 valence electrons. The van der Waals surface area contributed by atoms with Gasteiger partial charge in [0.1, 0.15) is 11.5 Å². The molecule has 0 saturated heterocycles. The van der Waals surface area contributed by atoms with E-state index < -0.39 is 0 Å².